The lowest BCUT2D eigenvalue weighted by atomic mass is 10.1. The summed E-state index contributed by atoms with van der Waals surface area (Å²) in [5.41, 5.74) is 2.11. The molecular formula is C21H33N5O2. The highest BCUT2D eigenvalue weighted by atomic mass is 16.5. The Bertz CT molecular complexity index is 801. The Morgan fingerprint density at radius 3 is 2.79 bits per heavy atom. The first-order chi connectivity index (χ1) is 13.5. The lowest BCUT2D eigenvalue weighted by Crippen LogP contribution is -2.43. The molecule has 1 aliphatic heterocycles. The molecular weight excluding hydrogens is 354 g/mol. The van der Waals surface area contributed by atoms with Crippen molar-refractivity contribution in [1.82, 2.24) is 25.2 Å². The number of hydrogen-bond acceptors (Lipinski definition) is 5. The maximum Gasteiger partial charge on any atom is 0.255 e. The molecule has 3 rings (SSSR count). The second kappa shape index (κ2) is 9.37. The van der Waals surface area contributed by atoms with E-state index < -0.39 is 0 Å². The van der Waals surface area contributed by atoms with Gasteiger partial charge >= 0.3 is 0 Å². The molecule has 1 aromatic heterocycles. The number of rotatable bonds is 5. The third-order valence-corrected chi connectivity index (χ3v) is 5.56. The fourth-order valence-corrected chi connectivity index (χ4v) is 3.94. The minimum atomic E-state index is -0.0989. The van der Waals surface area contributed by atoms with Gasteiger partial charge < -0.3 is 15.0 Å². The molecule has 1 atom stereocenters. The molecule has 1 aromatic carbocycles. The molecule has 1 amide bonds. The van der Waals surface area contributed by atoms with Crippen LogP contribution in [-0.4, -0.2) is 58.6 Å². The predicted molar refractivity (Wildman–Crippen MR) is 111 cm³/mol. The van der Waals surface area contributed by atoms with Gasteiger partial charge in [-0.25, -0.2) is 4.68 Å². The van der Waals surface area contributed by atoms with E-state index in [1.54, 1.807) is 13.2 Å². The van der Waals surface area contributed by atoms with E-state index in [4.69, 9.17) is 4.74 Å². The number of likely N-dealkylation sites (N-methyl/N-ethyl adjacent to an activating group) is 1. The largest absolute Gasteiger partial charge is 0.496 e. The van der Waals surface area contributed by atoms with Gasteiger partial charge in [-0.2, -0.15) is 0 Å². The van der Waals surface area contributed by atoms with Gasteiger partial charge in [-0.15, -0.1) is 5.10 Å². The van der Waals surface area contributed by atoms with Crippen LogP contribution in [0.15, 0.2) is 12.1 Å². The molecule has 1 fully saturated rings. The summed E-state index contributed by atoms with van der Waals surface area (Å²) in [7, 11) is 1.60. The molecule has 2 aromatic rings. The molecule has 154 valence electrons. The monoisotopic (exact) mass is 387 g/mol. The molecule has 28 heavy (non-hydrogen) atoms. The second-order valence-corrected chi connectivity index (χ2v) is 7.94. The van der Waals surface area contributed by atoms with Crippen molar-refractivity contribution in [1.29, 1.82) is 0 Å². The number of carbonyl (C=O) groups is 1. The molecule has 0 aliphatic carbocycles. The van der Waals surface area contributed by atoms with Gasteiger partial charge in [-0.3, -0.25) is 4.79 Å². The number of fused-ring (bicyclic) bond motifs is 1. The van der Waals surface area contributed by atoms with Gasteiger partial charge in [0.15, 0.2) is 0 Å². The van der Waals surface area contributed by atoms with Crippen molar-refractivity contribution in [3.8, 4) is 5.75 Å². The van der Waals surface area contributed by atoms with Gasteiger partial charge in [-0.05, 0) is 45.8 Å². The molecule has 1 saturated heterocycles. The standard InChI is InChI=1S/C21H33N5O2/c1-5-25-11-9-7-6-8-10-16(14-25)22-21(27)17-12-18-19(13-20(17)28-4)26(15(2)3)24-23-18/h12-13,15-16H,5-11,14H2,1-4H3,(H,22,27). The summed E-state index contributed by atoms with van der Waals surface area (Å²) in [6.07, 6.45) is 5.91. The molecule has 0 saturated carbocycles. The third kappa shape index (κ3) is 4.63. The first kappa shape index (κ1) is 20.6. The Balaban J connectivity index is 1.83. The zero-order valence-electron chi connectivity index (χ0n) is 17.6. The minimum absolute atomic E-state index is 0.0989. The second-order valence-electron chi connectivity index (χ2n) is 7.94. The van der Waals surface area contributed by atoms with Crippen LogP contribution in [0.3, 0.4) is 0 Å². The van der Waals surface area contributed by atoms with Gasteiger partial charge in [-0.1, -0.05) is 31.4 Å². The van der Waals surface area contributed by atoms with Crippen LogP contribution in [0.4, 0.5) is 0 Å². The minimum Gasteiger partial charge on any atom is -0.496 e. The van der Waals surface area contributed by atoms with E-state index >= 15 is 0 Å². The summed E-state index contributed by atoms with van der Waals surface area (Å²) < 4.78 is 7.38. The molecule has 0 radical (unpaired) electrons. The number of aromatic nitrogens is 3. The summed E-state index contributed by atoms with van der Waals surface area (Å²) >= 11 is 0. The van der Waals surface area contributed by atoms with E-state index in [2.05, 4.69) is 41.3 Å². The first-order valence-corrected chi connectivity index (χ1v) is 10.5. The van der Waals surface area contributed by atoms with E-state index in [-0.39, 0.29) is 18.0 Å². The molecule has 7 heteroatoms. The number of hydrogen-bond donors (Lipinski definition) is 1. The van der Waals surface area contributed by atoms with Gasteiger partial charge in [0.05, 0.1) is 18.2 Å². The fourth-order valence-electron chi connectivity index (χ4n) is 3.94. The first-order valence-electron chi connectivity index (χ1n) is 10.5. The van der Waals surface area contributed by atoms with Gasteiger partial charge in [0, 0.05) is 24.7 Å². The van der Waals surface area contributed by atoms with Crippen LogP contribution in [0.2, 0.25) is 0 Å². The summed E-state index contributed by atoms with van der Waals surface area (Å²) in [4.78, 5) is 15.5. The summed E-state index contributed by atoms with van der Waals surface area (Å²) in [6, 6.07) is 4.00. The normalized spacial score (nSPS) is 19.2. The zero-order chi connectivity index (χ0) is 20.1. The van der Waals surface area contributed by atoms with E-state index in [0.29, 0.717) is 16.8 Å². The van der Waals surface area contributed by atoms with Gasteiger partial charge in [0.25, 0.3) is 5.91 Å². The molecule has 7 nitrogen and oxygen atoms in total. The fraction of sp³-hybridized carbons (Fsp3) is 0.667. The average Bonchev–Trinajstić information content (AvgIpc) is 3.14. The highest BCUT2D eigenvalue weighted by Crippen LogP contribution is 2.26. The maximum atomic E-state index is 13.1. The van der Waals surface area contributed by atoms with Crippen LogP contribution in [-0.2, 0) is 0 Å². The molecule has 0 spiro atoms. The highest BCUT2D eigenvalue weighted by molar-refractivity contribution is 6.00. The highest BCUT2D eigenvalue weighted by Gasteiger charge is 2.22. The van der Waals surface area contributed by atoms with Crippen molar-refractivity contribution < 1.29 is 9.53 Å². The average molecular weight is 388 g/mol. The topological polar surface area (TPSA) is 72.3 Å². The quantitative estimate of drug-likeness (QED) is 0.851. The van der Waals surface area contributed by atoms with Gasteiger partial charge in [0.1, 0.15) is 11.3 Å². The SMILES string of the molecule is CCN1CCCCCCC(NC(=O)c2cc3nnn(C(C)C)c3cc2OC)C1. The van der Waals surface area contributed by atoms with Crippen molar-refractivity contribution in [2.24, 2.45) is 0 Å². The van der Waals surface area contributed by atoms with E-state index in [1.807, 2.05) is 10.7 Å². The Morgan fingerprint density at radius 1 is 1.29 bits per heavy atom. The molecule has 1 N–H and O–H groups in total. The molecule has 2 heterocycles. The number of benzene rings is 1. The smallest absolute Gasteiger partial charge is 0.255 e. The Hall–Kier alpha value is -2.15. The summed E-state index contributed by atoms with van der Waals surface area (Å²) in [6.45, 7) is 9.31. The van der Waals surface area contributed by atoms with Gasteiger partial charge in [0.2, 0.25) is 0 Å². The zero-order valence-corrected chi connectivity index (χ0v) is 17.6. The van der Waals surface area contributed by atoms with Crippen molar-refractivity contribution in [2.75, 3.05) is 26.7 Å². The van der Waals surface area contributed by atoms with Crippen LogP contribution >= 0.6 is 0 Å². The Morgan fingerprint density at radius 2 is 2.07 bits per heavy atom. The van der Waals surface area contributed by atoms with Crippen LogP contribution < -0.4 is 10.1 Å². The Labute approximate surface area is 167 Å². The lowest BCUT2D eigenvalue weighted by Gasteiger charge is -2.26. The third-order valence-electron chi connectivity index (χ3n) is 5.56. The van der Waals surface area contributed by atoms with Crippen LogP contribution in [0, 0.1) is 0 Å². The summed E-state index contributed by atoms with van der Waals surface area (Å²) in [5, 5.41) is 11.7. The number of carbonyl (C=O) groups excluding carboxylic acids is 1. The van der Waals surface area contributed by atoms with Crippen LogP contribution in [0.1, 0.15) is 69.3 Å². The maximum absolute atomic E-state index is 13.1. The van der Waals surface area contributed by atoms with Crippen LogP contribution in [0.25, 0.3) is 11.0 Å². The Kier molecular flexibility index (Phi) is 6.88. The van der Waals surface area contributed by atoms with Crippen molar-refractivity contribution in [3.05, 3.63) is 17.7 Å². The van der Waals surface area contributed by atoms with Crippen LogP contribution in [0.5, 0.6) is 5.75 Å². The number of ether oxygens (including phenoxy) is 1. The predicted octanol–water partition coefficient (Wildman–Crippen LogP) is 3.41. The summed E-state index contributed by atoms with van der Waals surface area (Å²) in [5.74, 6) is 0.461. The van der Waals surface area contributed by atoms with Crippen molar-refractivity contribution in [2.45, 2.75) is 65.0 Å². The van der Waals surface area contributed by atoms with E-state index in [9.17, 15) is 4.79 Å². The van der Waals surface area contributed by atoms with E-state index in [1.165, 1.54) is 19.3 Å². The van der Waals surface area contributed by atoms with E-state index in [0.717, 1.165) is 38.0 Å². The lowest BCUT2D eigenvalue weighted by molar-refractivity contribution is 0.0920. The number of nitrogens with one attached hydrogen (secondary N) is 1. The number of nitrogens with zero attached hydrogens (tertiary/aromatic N) is 4. The number of amides is 1. The van der Waals surface area contributed by atoms with Crippen molar-refractivity contribution in [3.63, 3.8) is 0 Å². The molecule has 1 unspecified atom stereocenters. The number of methoxy groups -OCH3 is 1. The molecule has 0 bridgehead atoms. The van der Waals surface area contributed by atoms with Crippen molar-refractivity contribution >= 4 is 16.9 Å². The molecule has 1 aliphatic rings.